The van der Waals surface area contributed by atoms with Gasteiger partial charge in [0.1, 0.15) is 0 Å². The number of nitrogens with zero attached hydrogens (tertiary/aromatic N) is 4. The minimum atomic E-state index is -2.95. The van der Waals surface area contributed by atoms with Crippen LogP contribution in [0.15, 0.2) is 12.4 Å². The van der Waals surface area contributed by atoms with E-state index in [1.807, 2.05) is 10.9 Å². The Balaban J connectivity index is 1.51. The zero-order valence-corrected chi connectivity index (χ0v) is 12.7. The van der Waals surface area contributed by atoms with Gasteiger partial charge in [0.25, 0.3) is 0 Å². The van der Waals surface area contributed by atoms with E-state index in [2.05, 4.69) is 23.1 Å². The number of hydrogen-bond acceptors (Lipinski definition) is 4. The Morgan fingerprint density at radius 1 is 1.35 bits per heavy atom. The molecule has 2 fully saturated rings. The second-order valence-corrected chi connectivity index (χ2v) is 7.90. The van der Waals surface area contributed by atoms with Crippen molar-refractivity contribution in [2.24, 2.45) is 0 Å². The summed E-state index contributed by atoms with van der Waals surface area (Å²) in [6.45, 7) is 6.20. The third kappa shape index (κ3) is 2.89. The lowest BCUT2D eigenvalue weighted by Crippen LogP contribution is -2.35. The molecule has 0 N–H and O–H groups in total. The van der Waals surface area contributed by atoms with E-state index in [-0.39, 0.29) is 0 Å². The molecule has 1 aromatic heterocycles. The Hall–Kier alpha value is -0.920. The van der Waals surface area contributed by atoms with Crippen LogP contribution in [0.2, 0.25) is 0 Å². The third-order valence-corrected chi connectivity index (χ3v) is 6.18. The Bertz CT molecular complexity index is 569. The molecule has 0 amide bonds. The van der Waals surface area contributed by atoms with Crippen LogP contribution in [0.3, 0.4) is 0 Å². The van der Waals surface area contributed by atoms with Gasteiger partial charge in [-0.2, -0.15) is 5.10 Å². The molecule has 2 aliphatic rings. The summed E-state index contributed by atoms with van der Waals surface area (Å²) in [5, 5.41) is 4.38. The van der Waals surface area contributed by atoms with Gasteiger partial charge in [0.2, 0.25) is 10.0 Å². The average Bonchev–Trinajstić information content (AvgIpc) is 3.07. The molecule has 3 heterocycles. The summed E-state index contributed by atoms with van der Waals surface area (Å²) < 4.78 is 27.2. The maximum atomic E-state index is 11.7. The number of rotatable bonds is 4. The van der Waals surface area contributed by atoms with Crippen molar-refractivity contribution in [1.82, 2.24) is 19.0 Å². The summed E-state index contributed by atoms with van der Waals surface area (Å²) in [4.78, 5) is 2.34. The number of likely N-dealkylation sites (tertiary alicyclic amines) is 1. The van der Waals surface area contributed by atoms with Crippen molar-refractivity contribution in [2.45, 2.75) is 25.8 Å². The molecule has 0 bridgehead atoms. The van der Waals surface area contributed by atoms with E-state index in [9.17, 15) is 8.42 Å². The van der Waals surface area contributed by atoms with E-state index in [0.29, 0.717) is 24.9 Å². The maximum Gasteiger partial charge on any atom is 0.214 e. The van der Waals surface area contributed by atoms with Gasteiger partial charge in [-0.3, -0.25) is 9.58 Å². The van der Waals surface area contributed by atoms with Crippen molar-refractivity contribution in [1.29, 1.82) is 0 Å². The van der Waals surface area contributed by atoms with Crippen molar-refractivity contribution in [2.75, 3.05) is 38.5 Å². The predicted octanol–water partition coefficient (Wildman–Crippen LogP) is 0.474. The molecule has 0 aliphatic carbocycles. The summed E-state index contributed by atoms with van der Waals surface area (Å²) in [7, 11) is -2.95. The normalized spacial score (nSPS) is 27.4. The highest BCUT2D eigenvalue weighted by Gasteiger charge is 2.30. The molecule has 0 saturated carbocycles. The van der Waals surface area contributed by atoms with Gasteiger partial charge in [0.05, 0.1) is 18.0 Å². The van der Waals surface area contributed by atoms with Crippen LogP contribution in [0.25, 0.3) is 0 Å². The predicted molar refractivity (Wildman–Crippen MR) is 77.0 cm³/mol. The summed E-state index contributed by atoms with van der Waals surface area (Å²) in [6.07, 6.45) is 5.84. The standard InChI is InChI=1S/C13H22N4O2S/c1-12-9-14-17(10-12)13-3-5-15(11-13)6-7-16-4-2-8-20(16,18)19/h9-10,13H,2-8,11H2,1H3. The van der Waals surface area contributed by atoms with E-state index >= 15 is 0 Å². The van der Waals surface area contributed by atoms with Gasteiger partial charge < -0.3 is 0 Å². The fraction of sp³-hybridized carbons (Fsp3) is 0.769. The van der Waals surface area contributed by atoms with Crippen LogP contribution >= 0.6 is 0 Å². The van der Waals surface area contributed by atoms with Gasteiger partial charge >= 0.3 is 0 Å². The lowest BCUT2D eigenvalue weighted by Gasteiger charge is -2.20. The van der Waals surface area contributed by atoms with Gasteiger partial charge in [0, 0.05) is 38.9 Å². The summed E-state index contributed by atoms with van der Waals surface area (Å²) >= 11 is 0. The molecule has 3 rings (SSSR count). The van der Waals surface area contributed by atoms with E-state index in [1.165, 1.54) is 5.56 Å². The van der Waals surface area contributed by atoms with Crippen molar-refractivity contribution in [3.63, 3.8) is 0 Å². The fourth-order valence-corrected chi connectivity index (χ4v) is 4.58. The van der Waals surface area contributed by atoms with Crippen molar-refractivity contribution >= 4 is 10.0 Å². The molecule has 1 unspecified atom stereocenters. The Labute approximate surface area is 120 Å². The zero-order chi connectivity index (χ0) is 14.2. The van der Waals surface area contributed by atoms with Crippen molar-refractivity contribution in [3.05, 3.63) is 18.0 Å². The largest absolute Gasteiger partial charge is 0.300 e. The van der Waals surface area contributed by atoms with Crippen LogP contribution in [-0.4, -0.2) is 65.9 Å². The molecular formula is C13H22N4O2S. The van der Waals surface area contributed by atoms with Crippen LogP contribution in [0, 0.1) is 6.92 Å². The Morgan fingerprint density at radius 2 is 2.20 bits per heavy atom. The van der Waals surface area contributed by atoms with E-state index in [4.69, 9.17) is 0 Å². The van der Waals surface area contributed by atoms with Gasteiger partial charge in [-0.1, -0.05) is 0 Å². The summed E-state index contributed by atoms with van der Waals surface area (Å²) in [6, 6.07) is 0.430. The van der Waals surface area contributed by atoms with Crippen LogP contribution in [0.4, 0.5) is 0 Å². The number of sulfonamides is 1. The minimum Gasteiger partial charge on any atom is -0.300 e. The SMILES string of the molecule is Cc1cnn(C2CCN(CCN3CCCS3(=O)=O)C2)c1. The smallest absolute Gasteiger partial charge is 0.214 e. The first kappa shape index (κ1) is 14.0. The van der Waals surface area contributed by atoms with E-state index < -0.39 is 10.0 Å². The molecule has 0 spiro atoms. The third-order valence-electron chi connectivity index (χ3n) is 4.22. The fourth-order valence-electron chi connectivity index (χ4n) is 3.06. The molecular weight excluding hydrogens is 276 g/mol. The summed E-state index contributed by atoms with van der Waals surface area (Å²) in [5.74, 6) is 0.322. The quantitative estimate of drug-likeness (QED) is 0.811. The lowest BCUT2D eigenvalue weighted by molar-refractivity contribution is 0.289. The second kappa shape index (κ2) is 5.46. The van der Waals surface area contributed by atoms with Gasteiger partial charge in [-0.25, -0.2) is 12.7 Å². The second-order valence-electron chi connectivity index (χ2n) is 5.81. The maximum absolute atomic E-state index is 11.7. The van der Waals surface area contributed by atoms with Crippen molar-refractivity contribution in [3.8, 4) is 0 Å². The van der Waals surface area contributed by atoms with Gasteiger partial charge in [0.15, 0.2) is 0 Å². The first-order valence-electron chi connectivity index (χ1n) is 7.25. The zero-order valence-electron chi connectivity index (χ0n) is 11.9. The highest BCUT2D eigenvalue weighted by atomic mass is 32.2. The van der Waals surface area contributed by atoms with Gasteiger partial charge in [-0.15, -0.1) is 0 Å². The van der Waals surface area contributed by atoms with Crippen LogP contribution < -0.4 is 0 Å². The van der Waals surface area contributed by atoms with Crippen LogP contribution in [-0.2, 0) is 10.0 Å². The number of hydrogen-bond donors (Lipinski definition) is 0. The van der Waals surface area contributed by atoms with Crippen LogP contribution in [0.1, 0.15) is 24.4 Å². The van der Waals surface area contributed by atoms with E-state index in [1.54, 1.807) is 4.31 Å². The molecule has 6 nitrogen and oxygen atoms in total. The molecule has 2 aliphatic heterocycles. The van der Waals surface area contributed by atoms with Crippen molar-refractivity contribution < 1.29 is 8.42 Å². The molecule has 112 valence electrons. The molecule has 1 atom stereocenters. The highest BCUT2D eigenvalue weighted by Crippen LogP contribution is 2.21. The minimum absolute atomic E-state index is 0.322. The molecule has 7 heteroatoms. The van der Waals surface area contributed by atoms with Gasteiger partial charge in [-0.05, 0) is 25.3 Å². The van der Waals surface area contributed by atoms with E-state index in [0.717, 1.165) is 32.5 Å². The highest BCUT2D eigenvalue weighted by molar-refractivity contribution is 7.89. The Morgan fingerprint density at radius 3 is 2.85 bits per heavy atom. The first-order chi connectivity index (χ1) is 9.54. The molecule has 1 aromatic rings. The lowest BCUT2D eigenvalue weighted by atomic mass is 10.3. The molecule has 0 aromatic carbocycles. The topological polar surface area (TPSA) is 58.4 Å². The Kier molecular flexibility index (Phi) is 3.83. The molecule has 2 saturated heterocycles. The average molecular weight is 298 g/mol. The first-order valence-corrected chi connectivity index (χ1v) is 8.86. The van der Waals surface area contributed by atoms with Crippen LogP contribution in [0.5, 0.6) is 0 Å². The monoisotopic (exact) mass is 298 g/mol. The summed E-state index contributed by atoms with van der Waals surface area (Å²) in [5.41, 5.74) is 1.19. The number of aryl methyl sites for hydroxylation is 1. The molecule has 0 radical (unpaired) electrons. The number of aromatic nitrogens is 2. The molecule has 20 heavy (non-hydrogen) atoms.